The third-order valence-electron chi connectivity index (χ3n) is 3.64. The molecular weight excluding hydrogens is 391 g/mol. The van der Waals surface area contributed by atoms with Gasteiger partial charge in [-0.05, 0) is 49.4 Å². The van der Waals surface area contributed by atoms with Crippen molar-refractivity contribution in [2.75, 3.05) is 12.4 Å². The van der Waals surface area contributed by atoms with E-state index in [0.29, 0.717) is 33.0 Å². The summed E-state index contributed by atoms with van der Waals surface area (Å²) in [6, 6.07) is 10.8. The first-order valence-corrected chi connectivity index (χ1v) is 9.21. The number of methoxy groups -OCH3 is 1. The van der Waals surface area contributed by atoms with E-state index in [2.05, 4.69) is 20.5 Å². The van der Waals surface area contributed by atoms with Crippen LogP contribution in [0.1, 0.15) is 6.92 Å². The van der Waals surface area contributed by atoms with Crippen molar-refractivity contribution < 1.29 is 13.9 Å². The summed E-state index contributed by atoms with van der Waals surface area (Å²) in [4.78, 5) is 16.7. The molecule has 0 fully saturated rings. The third kappa shape index (κ3) is 4.78. The molecule has 0 saturated heterocycles. The van der Waals surface area contributed by atoms with Gasteiger partial charge in [0.05, 0.1) is 17.9 Å². The van der Waals surface area contributed by atoms with Gasteiger partial charge in [0.15, 0.2) is 5.82 Å². The molecule has 0 radical (unpaired) electrons. The Morgan fingerprint density at radius 2 is 2.04 bits per heavy atom. The molecule has 9 heteroatoms. The summed E-state index contributed by atoms with van der Waals surface area (Å²) in [5, 5.41) is 10.2. The lowest BCUT2D eigenvalue weighted by molar-refractivity contribution is -0.115. The number of carbonyl (C=O) groups is 1. The number of carbonyl (C=O) groups excluding carboxylic acids is 1. The standard InChI is InChI=1S/C18H16ClFN4O2S/c1-10(17(25)21-13-6-4-12(20)5-7-13)27-18-22-16(23-24-18)14-9-11(19)3-8-15(14)26-2/h3-10H,1-2H3,(H,21,25)(H,22,23,24)/t10-/m0/s1. The fourth-order valence-corrected chi connectivity index (χ4v) is 3.17. The molecule has 0 unspecified atom stereocenters. The molecule has 1 heterocycles. The number of nitrogens with zero attached hydrogens (tertiary/aromatic N) is 2. The maximum absolute atomic E-state index is 12.9. The minimum absolute atomic E-state index is 0.238. The van der Waals surface area contributed by atoms with E-state index >= 15 is 0 Å². The Bertz CT molecular complexity index is 949. The minimum atomic E-state index is -0.458. The van der Waals surface area contributed by atoms with E-state index in [0.717, 1.165) is 0 Å². The van der Waals surface area contributed by atoms with Crippen LogP contribution in [0.25, 0.3) is 11.4 Å². The number of H-pyrrole nitrogens is 1. The number of thioether (sulfide) groups is 1. The summed E-state index contributed by atoms with van der Waals surface area (Å²) >= 11 is 7.24. The zero-order valence-corrected chi connectivity index (χ0v) is 16.1. The number of rotatable bonds is 6. The number of hydrogen-bond acceptors (Lipinski definition) is 5. The average molecular weight is 407 g/mol. The number of halogens is 2. The van der Waals surface area contributed by atoms with Gasteiger partial charge in [-0.15, -0.1) is 5.10 Å². The van der Waals surface area contributed by atoms with Crippen molar-refractivity contribution in [1.82, 2.24) is 15.2 Å². The number of hydrogen-bond donors (Lipinski definition) is 2. The Morgan fingerprint density at radius 1 is 1.30 bits per heavy atom. The number of benzene rings is 2. The molecule has 27 heavy (non-hydrogen) atoms. The van der Waals surface area contributed by atoms with Crippen molar-refractivity contribution in [2.24, 2.45) is 0 Å². The third-order valence-corrected chi connectivity index (χ3v) is 4.84. The molecule has 0 aliphatic heterocycles. The maximum atomic E-state index is 12.9. The van der Waals surface area contributed by atoms with Crippen LogP contribution in [0.3, 0.4) is 0 Å². The Morgan fingerprint density at radius 3 is 2.74 bits per heavy atom. The van der Waals surface area contributed by atoms with Crippen molar-refractivity contribution in [3.05, 3.63) is 53.3 Å². The maximum Gasteiger partial charge on any atom is 0.237 e. The minimum Gasteiger partial charge on any atom is -0.496 e. The number of amides is 1. The molecule has 2 N–H and O–H groups in total. The van der Waals surface area contributed by atoms with Crippen molar-refractivity contribution in [3.8, 4) is 17.1 Å². The molecule has 3 rings (SSSR count). The second-order valence-electron chi connectivity index (χ2n) is 5.57. The van der Waals surface area contributed by atoms with E-state index in [9.17, 15) is 9.18 Å². The predicted octanol–water partition coefficient (Wildman–Crippen LogP) is 4.39. The Hall–Kier alpha value is -2.58. The van der Waals surface area contributed by atoms with Gasteiger partial charge in [0.2, 0.25) is 11.1 Å². The summed E-state index contributed by atoms with van der Waals surface area (Å²) in [5.74, 6) is 0.496. The van der Waals surface area contributed by atoms with Crippen LogP contribution in [-0.2, 0) is 4.79 Å². The largest absolute Gasteiger partial charge is 0.496 e. The van der Waals surface area contributed by atoms with Crippen LogP contribution in [0.4, 0.5) is 10.1 Å². The molecule has 2 aromatic carbocycles. The highest BCUT2D eigenvalue weighted by Gasteiger charge is 2.19. The Balaban J connectivity index is 1.69. The quantitative estimate of drug-likeness (QED) is 0.593. The first-order valence-electron chi connectivity index (χ1n) is 7.95. The topological polar surface area (TPSA) is 79.9 Å². The van der Waals surface area contributed by atoms with Crippen molar-refractivity contribution in [1.29, 1.82) is 0 Å². The molecule has 3 aromatic rings. The number of anilines is 1. The van der Waals surface area contributed by atoms with Crippen LogP contribution < -0.4 is 10.1 Å². The number of nitrogens with one attached hydrogen (secondary N) is 2. The average Bonchev–Trinajstić information content (AvgIpc) is 3.11. The molecular formula is C18H16ClFN4O2S. The van der Waals surface area contributed by atoms with E-state index in [1.807, 2.05) is 0 Å². The fourth-order valence-electron chi connectivity index (χ4n) is 2.27. The normalized spacial score (nSPS) is 11.9. The molecule has 1 amide bonds. The van der Waals surface area contributed by atoms with E-state index in [-0.39, 0.29) is 11.7 Å². The van der Waals surface area contributed by atoms with Crippen LogP contribution in [0.15, 0.2) is 47.6 Å². The summed E-state index contributed by atoms with van der Waals surface area (Å²) in [7, 11) is 1.56. The zero-order valence-electron chi connectivity index (χ0n) is 14.5. The SMILES string of the molecule is COc1ccc(Cl)cc1-c1nc(S[C@@H](C)C(=O)Nc2ccc(F)cc2)n[nH]1. The highest BCUT2D eigenvalue weighted by atomic mass is 35.5. The number of aromatic nitrogens is 3. The Labute approximate surface area is 164 Å². The van der Waals surface area contributed by atoms with Crippen LogP contribution >= 0.6 is 23.4 Å². The van der Waals surface area contributed by atoms with Gasteiger partial charge in [0.1, 0.15) is 11.6 Å². The van der Waals surface area contributed by atoms with Crippen LogP contribution in [0.5, 0.6) is 5.75 Å². The fraction of sp³-hybridized carbons (Fsp3) is 0.167. The molecule has 1 atom stereocenters. The van der Waals surface area contributed by atoms with Crippen molar-refractivity contribution in [3.63, 3.8) is 0 Å². The van der Waals surface area contributed by atoms with Gasteiger partial charge in [-0.3, -0.25) is 9.89 Å². The Kier molecular flexibility index (Phi) is 5.98. The highest BCUT2D eigenvalue weighted by molar-refractivity contribution is 8.00. The summed E-state index contributed by atoms with van der Waals surface area (Å²) in [6.07, 6.45) is 0. The molecule has 0 spiro atoms. The summed E-state index contributed by atoms with van der Waals surface area (Å²) in [5.41, 5.74) is 1.20. The van der Waals surface area contributed by atoms with Gasteiger partial charge in [-0.2, -0.15) is 0 Å². The van der Waals surface area contributed by atoms with Gasteiger partial charge >= 0.3 is 0 Å². The second kappa shape index (κ2) is 8.41. The van der Waals surface area contributed by atoms with Crippen molar-refractivity contribution >= 4 is 35.0 Å². The van der Waals surface area contributed by atoms with Gasteiger partial charge in [0.25, 0.3) is 0 Å². The molecule has 140 valence electrons. The first kappa shape index (κ1) is 19.2. The van der Waals surface area contributed by atoms with E-state index in [1.165, 1.54) is 36.0 Å². The van der Waals surface area contributed by atoms with Gasteiger partial charge in [-0.25, -0.2) is 9.37 Å². The molecule has 6 nitrogen and oxygen atoms in total. The van der Waals surface area contributed by atoms with Crippen LogP contribution in [0, 0.1) is 5.82 Å². The van der Waals surface area contributed by atoms with E-state index in [4.69, 9.17) is 16.3 Å². The van der Waals surface area contributed by atoms with Gasteiger partial charge in [0, 0.05) is 10.7 Å². The predicted molar refractivity (Wildman–Crippen MR) is 104 cm³/mol. The highest BCUT2D eigenvalue weighted by Crippen LogP contribution is 2.31. The monoisotopic (exact) mass is 406 g/mol. The van der Waals surface area contributed by atoms with Crippen molar-refractivity contribution in [2.45, 2.75) is 17.3 Å². The smallest absolute Gasteiger partial charge is 0.237 e. The molecule has 0 aliphatic rings. The number of aromatic amines is 1. The molecule has 0 aliphatic carbocycles. The number of ether oxygens (including phenoxy) is 1. The zero-order chi connectivity index (χ0) is 19.4. The lowest BCUT2D eigenvalue weighted by atomic mass is 10.2. The van der Waals surface area contributed by atoms with E-state index in [1.54, 1.807) is 32.2 Å². The second-order valence-corrected chi connectivity index (χ2v) is 7.31. The molecule has 1 aromatic heterocycles. The van der Waals surface area contributed by atoms with Gasteiger partial charge < -0.3 is 10.1 Å². The lowest BCUT2D eigenvalue weighted by Gasteiger charge is -2.10. The summed E-state index contributed by atoms with van der Waals surface area (Å²) < 4.78 is 18.3. The van der Waals surface area contributed by atoms with Gasteiger partial charge in [-0.1, -0.05) is 23.4 Å². The first-order chi connectivity index (χ1) is 13.0. The van der Waals surface area contributed by atoms with Crippen LogP contribution in [-0.4, -0.2) is 33.4 Å². The summed E-state index contributed by atoms with van der Waals surface area (Å²) in [6.45, 7) is 1.74. The van der Waals surface area contributed by atoms with Crippen LogP contribution in [0.2, 0.25) is 5.02 Å². The molecule has 0 bridgehead atoms. The van der Waals surface area contributed by atoms with E-state index < -0.39 is 5.25 Å². The molecule has 0 saturated carbocycles. The lowest BCUT2D eigenvalue weighted by Crippen LogP contribution is -2.22.